The topological polar surface area (TPSA) is 117 Å². The molecule has 35 heavy (non-hydrogen) atoms. The van der Waals surface area contributed by atoms with Gasteiger partial charge in [-0.2, -0.15) is 4.39 Å². The Morgan fingerprint density at radius 2 is 1.57 bits per heavy atom. The highest BCUT2D eigenvalue weighted by atomic mass is 35.5. The number of carbonyl (C=O) groups is 2. The first kappa shape index (κ1) is 24.6. The van der Waals surface area contributed by atoms with Crippen LogP contribution in [0.4, 0.5) is 4.39 Å². The molecule has 3 atom stereocenters. The molecule has 1 saturated heterocycles. The van der Waals surface area contributed by atoms with Crippen LogP contribution >= 0.6 is 23.2 Å². The van der Waals surface area contributed by atoms with E-state index in [0.717, 1.165) is 4.57 Å². The second-order valence-corrected chi connectivity index (χ2v) is 8.44. The van der Waals surface area contributed by atoms with Gasteiger partial charge in [-0.15, -0.1) is 0 Å². The van der Waals surface area contributed by atoms with E-state index in [1.165, 1.54) is 48.5 Å². The van der Waals surface area contributed by atoms with E-state index in [1.807, 2.05) is 4.98 Å². The molecule has 1 aliphatic heterocycles. The van der Waals surface area contributed by atoms with Crippen LogP contribution in [0.2, 0.25) is 10.0 Å². The molecule has 0 amide bonds. The second kappa shape index (κ2) is 10.4. The molecule has 1 N–H and O–H groups in total. The number of ether oxygens (including phenoxy) is 3. The van der Waals surface area contributed by atoms with Crippen LogP contribution in [0.15, 0.2) is 64.3 Å². The summed E-state index contributed by atoms with van der Waals surface area (Å²) in [6.07, 6.45) is -2.44. The largest absolute Gasteiger partial charge is 0.459 e. The Bertz CT molecular complexity index is 1360. The van der Waals surface area contributed by atoms with Gasteiger partial charge in [-0.3, -0.25) is 14.3 Å². The van der Waals surface area contributed by atoms with Crippen LogP contribution in [-0.2, 0) is 14.2 Å². The van der Waals surface area contributed by atoms with Gasteiger partial charge in [0.1, 0.15) is 25.0 Å². The zero-order chi connectivity index (χ0) is 25.1. The molecule has 12 heteroatoms. The number of benzene rings is 2. The Balaban J connectivity index is 1.53. The number of esters is 2. The van der Waals surface area contributed by atoms with Crippen molar-refractivity contribution in [2.45, 2.75) is 24.9 Å². The smallest absolute Gasteiger partial charge is 0.338 e. The summed E-state index contributed by atoms with van der Waals surface area (Å²) in [4.78, 5) is 50.4. The minimum Gasteiger partial charge on any atom is -0.459 e. The second-order valence-electron chi connectivity index (χ2n) is 7.56. The highest BCUT2D eigenvalue weighted by Crippen LogP contribution is 2.31. The predicted molar refractivity (Wildman–Crippen MR) is 122 cm³/mol. The predicted octanol–water partition coefficient (Wildman–Crippen LogP) is 3.35. The number of hydrogen-bond donors (Lipinski definition) is 1. The number of carbonyl (C=O) groups excluding carboxylic acids is 2. The summed E-state index contributed by atoms with van der Waals surface area (Å²) in [5, 5.41) is 0.869. The van der Waals surface area contributed by atoms with E-state index < -0.39 is 47.4 Å². The molecule has 0 radical (unpaired) electrons. The van der Waals surface area contributed by atoms with Crippen LogP contribution in [-0.4, -0.2) is 40.3 Å². The van der Waals surface area contributed by atoms with Crippen LogP contribution in [0.5, 0.6) is 0 Å². The third-order valence-electron chi connectivity index (χ3n) is 5.21. The summed E-state index contributed by atoms with van der Waals surface area (Å²) < 4.78 is 31.3. The van der Waals surface area contributed by atoms with Crippen LogP contribution in [0.3, 0.4) is 0 Å². The monoisotopic (exact) mass is 525 g/mol. The molecule has 0 spiro atoms. The van der Waals surface area contributed by atoms with Gasteiger partial charge >= 0.3 is 17.6 Å². The summed E-state index contributed by atoms with van der Waals surface area (Å²) in [6, 6.07) is 12.0. The normalized spacial score (nSPS) is 19.3. The number of nitrogens with zero attached hydrogens (tertiary/aromatic N) is 1. The maximum Gasteiger partial charge on any atom is 0.338 e. The number of hydrogen-bond acceptors (Lipinski definition) is 7. The lowest BCUT2D eigenvalue weighted by molar-refractivity contribution is -0.0584. The lowest BCUT2D eigenvalue weighted by atomic mass is 10.1. The molecule has 1 fully saturated rings. The quantitative estimate of drug-likeness (QED) is 0.490. The van der Waals surface area contributed by atoms with Crippen molar-refractivity contribution in [2.24, 2.45) is 0 Å². The Morgan fingerprint density at radius 1 is 1.00 bits per heavy atom. The fourth-order valence-electron chi connectivity index (χ4n) is 3.44. The first-order valence-electron chi connectivity index (χ1n) is 10.3. The number of halogens is 3. The molecule has 1 aliphatic rings. The molecule has 4 rings (SSSR count). The van der Waals surface area contributed by atoms with E-state index >= 15 is 0 Å². The third-order valence-corrected chi connectivity index (χ3v) is 5.72. The molecule has 0 unspecified atom stereocenters. The number of aromatic nitrogens is 2. The maximum absolute atomic E-state index is 13.8. The molecule has 1 aromatic heterocycles. The van der Waals surface area contributed by atoms with Crippen LogP contribution in [0, 0.1) is 5.82 Å². The van der Waals surface area contributed by atoms with Gasteiger partial charge in [-0.25, -0.2) is 14.4 Å². The van der Waals surface area contributed by atoms with E-state index in [4.69, 9.17) is 37.4 Å². The van der Waals surface area contributed by atoms with Crippen molar-refractivity contribution >= 4 is 35.1 Å². The summed E-state index contributed by atoms with van der Waals surface area (Å²) in [5.74, 6) is -2.57. The van der Waals surface area contributed by atoms with Gasteiger partial charge in [0.2, 0.25) is 5.82 Å². The van der Waals surface area contributed by atoms with E-state index in [2.05, 4.69) is 0 Å². The third kappa shape index (κ3) is 5.79. The van der Waals surface area contributed by atoms with Gasteiger partial charge in [0.05, 0.1) is 17.3 Å². The van der Waals surface area contributed by atoms with Gasteiger partial charge in [-0.1, -0.05) is 23.2 Å². The van der Waals surface area contributed by atoms with Crippen molar-refractivity contribution in [1.29, 1.82) is 0 Å². The Hall–Kier alpha value is -3.47. The van der Waals surface area contributed by atoms with Crippen molar-refractivity contribution in [2.75, 3.05) is 6.61 Å². The average Bonchev–Trinajstić information content (AvgIpc) is 3.22. The van der Waals surface area contributed by atoms with Gasteiger partial charge < -0.3 is 14.2 Å². The van der Waals surface area contributed by atoms with Gasteiger partial charge in [0.15, 0.2) is 0 Å². The van der Waals surface area contributed by atoms with Crippen molar-refractivity contribution in [3.05, 3.63) is 103 Å². The van der Waals surface area contributed by atoms with Crippen molar-refractivity contribution < 1.29 is 28.2 Å². The van der Waals surface area contributed by atoms with Gasteiger partial charge in [0, 0.05) is 16.5 Å². The van der Waals surface area contributed by atoms with E-state index in [-0.39, 0.29) is 24.2 Å². The molecule has 0 saturated carbocycles. The van der Waals surface area contributed by atoms with E-state index in [9.17, 15) is 23.6 Å². The van der Waals surface area contributed by atoms with Crippen molar-refractivity contribution in [3.63, 3.8) is 0 Å². The molecule has 0 aliphatic carbocycles. The standard InChI is InChI=1S/C23H17Cl2FN2O7/c24-14-5-1-12(2-6-14)21(30)33-11-18-17(35-22(31)13-3-7-15(25)8-4-13)9-19(34-18)28-10-16(26)20(29)27-23(28)32/h1-8,10,17-19H,9,11H2,(H,27,29,32)/t17-,18+,19-/m0/s1/i23+1,27+1,28+1. The molecule has 3 aromatic rings. The number of nitrogens with one attached hydrogen (secondary N) is 1. The maximum atomic E-state index is 13.8. The van der Waals surface area contributed by atoms with Gasteiger partial charge in [0.25, 0.3) is 5.56 Å². The SMILES string of the molecule is O=C(OC[C@H]1O[C@H]([15n]2cc(F)c(=O)[15nH][13c]2=O)C[C@@H]1OC(=O)c1ccc(Cl)cc1)c1ccc(Cl)cc1. The lowest BCUT2D eigenvalue weighted by Crippen LogP contribution is -2.34. The van der Waals surface area contributed by atoms with Gasteiger partial charge in [-0.05, 0) is 48.5 Å². The molecule has 182 valence electrons. The highest BCUT2D eigenvalue weighted by molar-refractivity contribution is 6.31. The molecular formula is C23H17Cl2FN2O7. The molecular weight excluding hydrogens is 509 g/mol. The lowest BCUT2D eigenvalue weighted by Gasteiger charge is -2.19. The number of H-pyrrole nitrogens is 1. The first-order chi connectivity index (χ1) is 16.7. The highest BCUT2D eigenvalue weighted by Gasteiger charge is 2.40. The zero-order valence-electron chi connectivity index (χ0n) is 17.8. The average molecular weight is 526 g/mol. The minimum atomic E-state index is -1.19. The van der Waals surface area contributed by atoms with E-state index in [1.54, 1.807) is 0 Å². The van der Waals surface area contributed by atoms with Crippen molar-refractivity contribution in [1.82, 2.24) is 9.55 Å². The van der Waals surface area contributed by atoms with E-state index in [0.29, 0.717) is 16.2 Å². The fourth-order valence-corrected chi connectivity index (χ4v) is 3.69. The first-order valence-corrected chi connectivity index (χ1v) is 11.0. The molecule has 2 heterocycles. The summed E-state index contributed by atoms with van der Waals surface area (Å²) in [6.45, 7) is -0.336. The van der Waals surface area contributed by atoms with Crippen molar-refractivity contribution in [3.8, 4) is 0 Å². The number of aromatic amines is 1. The Morgan fingerprint density at radius 3 is 2.17 bits per heavy atom. The van der Waals surface area contributed by atoms with Crippen LogP contribution in [0.1, 0.15) is 33.4 Å². The Labute approximate surface area is 207 Å². The molecule has 9 nitrogen and oxygen atoms in total. The minimum absolute atomic E-state index is 0.0755. The molecule has 0 bridgehead atoms. The fraction of sp³-hybridized carbons (Fsp3) is 0.217. The summed E-state index contributed by atoms with van der Waals surface area (Å²) in [7, 11) is 0. The molecule has 2 aromatic carbocycles. The zero-order valence-corrected chi connectivity index (χ0v) is 19.3. The van der Waals surface area contributed by atoms with Crippen LogP contribution < -0.4 is 11.2 Å². The summed E-state index contributed by atoms with van der Waals surface area (Å²) in [5.41, 5.74) is -1.65. The number of rotatable bonds is 6. The summed E-state index contributed by atoms with van der Waals surface area (Å²) >= 11 is 11.7. The Kier molecular flexibility index (Phi) is 7.34. The van der Waals surface area contributed by atoms with Crippen LogP contribution in [0.25, 0.3) is 0 Å².